The smallest absolute Gasteiger partial charge is 0.0603 e. The van der Waals surface area contributed by atoms with Crippen molar-refractivity contribution in [3.8, 4) is 11.8 Å². The van der Waals surface area contributed by atoms with Gasteiger partial charge in [-0.3, -0.25) is 9.88 Å². The van der Waals surface area contributed by atoms with Gasteiger partial charge in [0.2, 0.25) is 0 Å². The van der Waals surface area contributed by atoms with Crippen LogP contribution in [0.15, 0.2) is 79.1 Å². The van der Waals surface area contributed by atoms with E-state index in [-0.39, 0.29) is 6.04 Å². The second kappa shape index (κ2) is 8.84. The largest absolute Gasteiger partial charge is 0.312 e. The summed E-state index contributed by atoms with van der Waals surface area (Å²) in [7, 11) is 0. The molecule has 0 spiro atoms. The predicted octanol–water partition coefficient (Wildman–Crippen LogP) is 3.86. The number of pyridine rings is 1. The third-order valence-corrected chi connectivity index (χ3v) is 5.11. The molecule has 1 aromatic heterocycles. The molecule has 0 aliphatic carbocycles. The first kappa shape index (κ1) is 18.4. The zero-order valence-electron chi connectivity index (χ0n) is 16.2. The molecular weight excluding hydrogens is 342 g/mol. The Labute approximate surface area is 167 Å². The molecule has 0 saturated carbocycles. The minimum absolute atomic E-state index is 0.244. The summed E-state index contributed by atoms with van der Waals surface area (Å²) < 4.78 is 0. The van der Waals surface area contributed by atoms with Crippen LogP contribution in [0.3, 0.4) is 0 Å². The van der Waals surface area contributed by atoms with E-state index in [0.717, 1.165) is 30.8 Å². The van der Waals surface area contributed by atoms with Gasteiger partial charge in [-0.05, 0) is 42.3 Å². The molecule has 0 radical (unpaired) electrons. The van der Waals surface area contributed by atoms with Crippen molar-refractivity contribution in [3.05, 3.63) is 101 Å². The number of benzene rings is 2. The number of nitrogens with zero attached hydrogens (tertiary/aromatic N) is 2. The third kappa shape index (κ3) is 4.48. The van der Waals surface area contributed by atoms with Crippen LogP contribution >= 0.6 is 0 Å². The Morgan fingerprint density at radius 3 is 2.46 bits per heavy atom. The molecule has 3 heteroatoms. The molecular formula is C25H25N3. The van der Waals surface area contributed by atoms with Gasteiger partial charge < -0.3 is 5.32 Å². The normalized spacial score (nSPS) is 18.1. The van der Waals surface area contributed by atoms with Crippen molar-refractivity contribution < 1.29 is 0 Å². The summed E-state index contributed by atoms with van der Waals surface area (Å²) in [6, 6.07) is 24.1. The molecule has 1 N–H and O–H groups in total. The number of hydrogen-bond donors (Lipinski definition) is 1. The Kier molecular flexibility index (Phi) is 5.82. The van der Waals surface area contributed by atoms with Crippen LogP contribution in [-0.2, 0) is 0 Å². The maximum Gasteiger partial charge on any atom is 0.0603 e. The molecule has 3 nitrogen and oxygen atoms in total. The number of hydrogen-bond acceptors (Lipinski definition) is 3. The number of piperazine rings is 1. The summed E-state index contributed by atoms with van der Waals surface area (Å²) in [5.74, 6) is 6.55. The highest BCUT2D eigenvalue weighted by Crippen LogP contribution is 2.30. The van der Waals surface area contributed by atoms with Crippen LogP contribution in [0.1, 0.15) is 35.2 Å². The van der Waals surface area contributed by atoms with E-state index in [0.29, 0.717) is 6.04 Å². The molecule has 1 aliphatic heterocycles. The number of rotatable bonds is 3. The molecule has 0 amide bonds. The van der Waals surface area contributed by atoms with Crippen molar-refractivity contribution in [1.82, 2.24) is 15.2 Å². The highest BCUT2D eigenvalue weighted by molar-refractivity contribution is 5.45. The lowest BCUT2D eigenvalue weighted by molar-refractivity contribution is 0.170. The average molecular weight is 367 g/mol. The molecule has 140 valence electrons. The summed E-state index contributed by atoms with van der Waals surface area (Å²) in [5, 5.41) is 3.55. The Balaban J connectivity index is 1.68. The zero-order valence-corrected chi connectivity index (χ0v) is 16.2. The topological polar surface area (TPSA) is 28.2 Å². The lowest BCUT2D eigenvalue weighted by atomic mass is 9.94. The van der Waals surface area contributed by atoms with E-state index in [9.17, 15) is 0 Å². The van der Waals surface area contributed by atoms with E-state index in [4.69, 9.17) is 0 Å². The molecule has 4 rings (SSSR count). The first-order valence-corrected chi connectivity index (χ1v) is 9.84. The fourth-order valence-corrected chi connectivity index (χ4v) is 3.81. The molecule has 28 heavy (non-hydrogen) atoms. The maximum atomic E-state index is 4.05. The van der Waals surface area contributed by atoms with Gasteiger partial charge in [-0.25, -0.2) is 0 Å². The molecule has 2 aromatic carbocycles. The van der Waals surface area contributed by atoms with Gasteiger partial charge in [0.1, 0.15) is 0 Å². The van der Waals surface area contributed by atoms with E-state index in [2.05, 4.69) is 88.6 Å². The second-order valence-corrected chi connectivity index (χ2v) is 7.27. The van der Waals surface area contributed by atoms with Gasteiger partial charge in [0.15, 0.2) is 0 Å². The van der Waals surface area contributed by atoms with E-state index >= 15 is 0 Å². The van der Waals surface area contributed by atoms with Crippen LogP contribution in [0.25, 0.3) is 0 Å². The molecule has 0 bridgehead atoms. The summed E-state index contributed by atoms with van der Waals surface area (Å²) in [6.07, 6.45) is 3.55. The van der Waals surface area contributed by atoms with E-state index < -0.39 is 0 Å². The Morgan fingerprint density at radius 2 is 1.68 bits per heavy atom. The van der Waals surface area contributed by atoms with Gasteiger partial charge in [0.25, 0.3) is 0 Å². The van der Waals surface area contributed by atoms with Gasteiger partial charge in [0, 0.05) is 49.2 Å². The highest BCUT2D eigenvalue weighted by atomic mass is 15.2. The summed E-state index contributed by atoms with van der Waals surface area (Å²) in [6.45, 7) is 5.35. The Bertz CT molecular complexity index is 957. The minimum atomic E-state index is 0.244. The van der Waals surface area contributed by atoms with Crippen molar-refractivity contribution in [1.29, 1.82) is 0 Å². The van der Waals surface area contributed by atoms with Gasteiger partial charge in [-0.1, -0.05) is 54.3 Å². The van der Waals surface area contributed by atoms with Gasteiger partial charge in [0.05, 0.1) is 6.04 Å². The van der Waals surface area contributed by atoms with Crippen LogP contribution in [0, 0.1) is 11.8 Å². The molecule has 1 aliphatic rings. The summed E-state index contributed by atoms with van der Waals surface area (Å²) >= 11 is 0. The quantitative estimate of drug-likeness (QED) is 0.713. The molecule has 1 saturated heterocycles. The van der Waals surface area contributed by atoms with Gasteiger partial charge in [-0.15, -0.1) is 0 Å². The Morgan fingerprint density at radius 1 is 0.929 bits per heavy atom. The second-order valence-electron chi connectivity index (χ2n) is 7.27. The fourth-order valence-electron chi connectivity index (χ4n) is 3.81. The predicted molar refractivity (Wildman–Crippen MR) is 114 cm³/mol. The van der Waals surface area contributed by atoms with Crippen LogP contribution in [-0.4, -0.2) is 35.6 Å². The van der Waals surface area contributed by atoms with Crippen molar-refractivity contribution in [2.45, 2.75) is 19.0 Å². The monoisotopic (exact) mass is 367 g/mol. The van der Waals surface area contributed by atoms with Gasteiger partial charge >= 0.3 is 0 Å². The highest BCUT2D eigenvalue weighted by Gasteiger charge is 2.26. The number of aromatic nitrogens is 1. The first-order valence-electron chi connectivity index (χ1n) is 9.84. The van der Waals surface area contributed by atoms with Crippen LogP contribution in [0.5, 0.6) is 0 Å². The van der Waals surface area contributed by atoms with Crippen LogP contribution < -0.4 is 5.32 Å². The van der Waals surface area contributed by atoms with Crippen LogP contribution in [0.2, 0.25) is 0 Å². The minimum Gasteiger partial charge on any atom is -0.312 e. The molecule has 0 unspecified atom stereocenters. The maximum absolute atomic E-state index is 4.05. The lowest BCUT2D eigenvalue weighted by Crippen LogP contribution is -2.50. The van der Waals surface area contributed by atoms with E-state index in [1.165, 1.54) is 11.1 Å². The van der Waals surface area contributed by atoms with E-state index in [1.54, 1.807) is 12.4 Å². The first-order chi connectivity index (χ1) is 13.8. The molecule has 2 atom stereocenters. The molecule has 2 heterocycles. The van der Waals surface area contributed by atoms with Gasteiger partial charge in [-0.2, -0.15) is 0 Å². The fraction of sp³-hybridized carbons (Fsp3) is 0.240. The zero-order chi connectivity index (χ0) is 19.2. The Hall–Kier alpha value is -2.93. The lowest BCUT2D eigenvalue weighted by Gasteiger charge is -2.38. The van der Waals surface area contributed by atoms with Crippen molar-refractivity contribution in [2.24, 2.45) is 0 Å². The SMILES string of the molecule is C[C@@H]1CN([C@H](c2ccccc2)c2cccc(C#Cc3ccncc3)c2)CCN1. The van der Waals surface area contributed by atoms with Crippen molar-refractivity contribution in [3.63, 3.8) is 0 Å². The van der Waals surface area contributed by atoms with E-state index in [1.807, 2.05) is 12.1 Å². The van der Waals surface area contributed by atoms with Crippen LogP contribution in [0.4, 0.5) is 0 Å². The molecule has 1 fully saturated rings. The summed E-state index contributed by atoms with van der Waals surface area (Å²) in [5.41, 5.74) is 4.65. The standard InChI is InChI=1S/C25H25N3/c1-20-19-28(17-16-27-20)25(23-7-3-2-4-8-23)24-9-5-6-22(18-24)11-10-21-12-14-26-15-13-21/h2-9,12-15,18,20,25,27H,16-17,19H2,1H3/t20-,25-/m1/s1. The third-order valence-electron chi connectivity index (χ3n) is 5.11. The average Bonchev–Trinajstić information content (AvgIpc) is 2.74. The number of nitrogens with one attached hydrogen (secondary N) is 1. The van der Waals surface area contributed by atoms with Crippen molar-refractivity contribution >= 4 is 0 Å². The van der Waals surface area contributed by atoms with Crippen molar-refractivity contribution in [2.75, 3.05) is 19.6 Å². The summed E-state index contributed by atoms with van der Waals surface area (Å²) in [4.78, 5) is 6.63. The molecule has 3 aromatic rings.